The van der Waals surface area contributed by atoms with Gasteiger partial charge in [0.1, 0.15) is 5.83 Å². The molecule has 1 amide bonds. The molecule has 1 saturated carbocycles. The van der Waals surface area contributed by atoms with Crippen LogP contribution in [0.25, 0.3) is 12.7 Å². The lowest BCUT2D eigenvalue weighted by Crippen LogP contribution is -2.34. The molecule has 0 saturated heterocycles. The van der Waals surface area contributed by atoms with E-state index in [0.717, 1.165) is 77.6 Å². The Morgan fingerprint density at radius 2 is 1.95 bits per heavy atom. The highest BCUT2D eigenvalue weighted by Crippen LogP contribution is 2.36. The van der Waals surface area contributed by atoms with Gasteiger partial charge in [-0.05, 0) is 93.2 Å². The van der Waals surface area contributed by atoms with Gasteiger partial charge in [0.05, 0.1) is 6.61 Å². The average Bonchev–Trinajstić information content (AvgIpc) is 3.08. The minimum Gasteiger partial charge on any atom is -0.383 e. The van der Waals surface area contributed by atoms with Crippen LogP contribution in [0.3, 0.4) is 0 Å². The topological polar surface area (TPSA) is 60.3 Å². The molecule has 41 heavy (non-hydrogen) atoms. The zero-order valence-electron chi connectivity index (χ0n) is 24.0. The molecule has 1 atom stereocenters. The fourth-order valence-corrected chi connectivity index (χ4v) is 5.90. The fourth-order valence-electron chi connectivity index (χ4n) is 5.90. The number of alkyl halides is 2. The molecule has 1 heterocycles. The van der Waals surface area contributed by atoms with Crippen LogP contribution in [0, 0.1) is 5.92 Å². The molecule has 5 nitrogen and oxygen atoms in total. The number of hydrogen-bond acceptors (Lipinski definition) is 3. The van der Waals surface area contributed by atoms with Crippen molar-refractivity contribution in [3.63, 3.8) is 0 Å². The number of nitrogens with one attached hydrogen (secondary N) is 1. The molecule has 1 aromatic rings. The van der Waals surface area contributed by atoms with E-state index in [0.29, 0.717) is 31.6 Å². The Labute approximate surface area is 239 Å². The van der Waals surface area contributed by atoms with Crippen LogP contribution >= 0.6 is 0 Å². The lowest BCUT2D eigenvalue weighted by Gasteiger charge is -2.20. The first-order valence-electron chi connectivity index (χ1n) is 14.2. The van der Waals surface area contributed by atoms with E-state index in [-0.39, 0.29) is 29.9 Å². The lowest BCUT2D eigenvalue weighted by atomic mass is 9.90. The second kappa shape index (κ2) is 13.1. The summed E-state index contributed by atoms with van der Waals surface area (Å²) < 4.78 is 49.5. The second-order valence-corrected chi connectivity index (χ2v) is 11.2. The van der Waals surface area contributed by atoms with Crippen LogP contribution in [0.4, 0.5) is 13.2 Å². The normalized spacial score (nSPS) is 20.8. The summed E-state index contributed by atoms with van der Waals surface area (Å²) in [6, 6.07) is 0. The van der Waals surface area contributed by atoms with Crippen molar-refractivity contribution in [2.45, 2.75) is 70.8 Å². The van der Waals surface area contributed by atoms with Gasteiger partial charge >= 0.3 is 0 Å². The maximum atomic E-state index is 14.6. The van der Waals surface area contributed by atoms with E-state index >= 15 is 0 Å². The molecule has 1 aromatic heterocycles. The minimum absolute atomic E-state index is 0.0339. The van der Waals surface area contributed by atoms with Crippen molar-refractivity contribution < 1.29 is 27.5 Å². The van der Waals surface area contributed by atoms with Gasteiger partial charge in [-0.15, -0.1) is 0 Å². The van der Waals surface area contributed by atoms with Gasteiger partial charge in [0, 0.05) is 60.1 Å². The van der Waals surface area contributed by atoms with Crippen LogP contribution in [0.15, 0.2) is 64.7 Å². The molecule has 1 fully saturated rings. The van der Waals surface area contributed by atoms with Crippen molar-refractivity contribution in [2.24, 2.45) is 5.92 Å². The number of hydrogen-bond donors (Lipinski definition) is 1. The van der Waals surface area contributed by atoms with Gasteiger partial charge in [0.15, 0.2) is 5.78 Å². The number of nitrogens with zero attached hydrogens (tertiary/aromatic N) is 1. The van der Waals surface area contributed by atoms with Crippen molar-refractivity contribution >= 4 is 24.3 Å². The molecule has 0 radical (unpaired) electrons. The van der Waals surface area contributed by atoms with Gasteiger partial charge in [0.2, 0.25) is 5.91 Å². The van der Waals surface area contributed by atoms with Crippen LogP contribution in [0.1, 0.15) is 57.4 Å². The first-order valence-corrected chi connectivity index (χ1v) is 14.2. The third kappa shape index (κ3) is 7.10. The summed E-state index contributed by atoms with van der Waals surface area (Å²) in [7, 11) is 1.60. The smallest absolute Gasteiger partial charge is 0.287 e. The van der Waals surface area contributed by atoms with Crippen molar-refractivity contribution in [3.05, 3.63) is 80.8 Å². The number of carbonyl (C=O) groups is 2. The van der Waals surface area contributed by atoms with Gasteiger partial charge in [-0.25, -0.2) is 4.39 Å². The lowest BCUT2D eigenvalue weighted by molar-refractivity contribution is -0.117. The number of ketones is 1. The van der Waals surface area contributed by atoms with Crippen molar-refractivity contribution in [1.82, 2.24) is 9.88 Å². The maximum Gasteiger partial charge on any atom is 0.287 e. The Morgan fingerprint density at radius 3 is 2.66 bits per heavy atom. The number of aromatic nitrogens is 1. The van der Waals surface area contributed by atoms with E-state index in [1.165, 1.54) is 6.08 Å². The van der Waals surface area contributed by atoms with Gasteiger partial charge < -0.3 is 14.6 Å². The summed E-state index contributed by atoms with van der Waals surface area (Å²) in [6.45, 7) is 11.1. The van der Waals surface area contributed by atoms with Gasteiger partial charge in [-0.1, -0.05) is 18.7 Å². The quantitative estimate of drug-likeness (QED) is 0.184. The number of rotatable bonds is 10. The Morgan fingerprint density at radius 1 is 1.17 bits per heavy atom. The average molecular weight is 569 g/mol. The van der Waals surface area contributed by atoms with E-state index in [1.807, 2.05) is 13.0 Å². The highest BCUT2D eigenvalue weighted by Gasteiger charge is 2.33. The highest BCUT2D eigenvalue weighted by atomic mass is 19.3. The number of methoxy groups -OCH3 is 1. The molecule has 1 unspecified atom stereocenters. The van der Waals surface area contributed by atoms with Crippen LogP contribution in [-0.4, -0.2) is 42.4 Å². The van der Waals surface area contributed by atoms with Crippen LogP contribution in [-0.2, 0) is 27.3 Å². The van der Waals surface area contributed by atoms with E-state index in [9.17, 15) is 22.8 Å². The van der Waals surface area contributed by atoms with Crippen LogP contribution in [0.2, 0.25) is 0 Å². The second-order valence-electron chi connectivity index (χ2n) is 11.2. The molecule has 0 aromatic carbocycles. The number of carbonyl (C=O) groups excluding carboxylic acids is 2. The molecule has 3 aliphatic carbocycles. The van der Waals surface area contributed by atoms with Crippen molar-refractivity contribution in [3.8, 4) is 0 Å². The van der Waals surface area contributed by atoms with E-state index in [4.69, 9.17) is 4.74 Å². The van der Waals surface area contributed by atoms with Crippen molar-refractivity contribution in [1.29, 1.82) is 0 Å². The van der Waals surface area contributed by atoms with Gasteiger partial charge in [0.25, 0.3) is 5.92 Å². The maximum absolute atomic E-state index is 14.6. The molecule has 220 valence electrons. The summed E-state index contributed by atoms with van der Waals surface area (Å²) in [6.07, 6.45) is 11.7. The zero-order chi connectivity index (χ0) is 29.7. The summed E-state index contributed by atoms with van der Waals surface area (Å²) in [5.41, 5.74) is 3.37. The fraction of sp³-hybridized carbons (Fsp3) is 0.455. The van der Waals surface area contributed by atoms with E-state index < -0.39 is 17.5 Å². The standard InChI is InChI=1S/C33H39F3N2O3/c1-5-33(35,36)26-11-12-27(30(34)18-26)31(39)16-23-7-6-8-24(10-9-23)19-38-20-25-17-28(32(40)37-13-14-41-4)21(2)15-29(25)22(38)3/h5,15-16,18,20,24H,1,3,6-14,17,19H2,2,4H3,(H,37,40). The third-order valence-electron chi connectivity index (χ3n) is 8.37. The summed E-state index contributed by atoms with van der Waals surface area (Å²) in [5, 5.41) is 4.91. The van der Waals surface area contributed by atoms with Gasteiger partial charge in [-0.3, -0.25) is 9.59 Å². The third-order valence-corrected chi connectivity index (χ3v) is 8.37. The van der Waals surface area contributed by atoms with E-state index in [2.05, 4.69) is 29.2 Å². The predicted octanol–water partition coefficient (Wildman–Crippen LogP) is 5.16. The monoisotopic (exact) mass is 568 g/mol. The number of allylic oxidation sites excluding steroid dienone is 8. The molecule has 4 rings (SSSR count). The molecule has 0 bridgehead atoms. The summed E-state index contributed by atoms with van der Waals surface area (Å²) in [4.78, 5) is 25.5. The number of amides is 1. The van der Waals surface area contributed by atoms with Crippen LogP contribution < -0.4 is 15.9 Å². The Balaban J connectivity index is 1.40. The molecular weight excluding hydrogens is 529 g/mol. The first kappa shape index (κ1) is 30.6. The summed E-state index contributed by atoms with van der Waals surface area (Å²) >= 11 is 0. The SMILES string of the molecule is C=CC(F)(F)C1=CC(F)=C(C(=O)C=C2CCCC(Cn3cc4c(c3=C)=CC(C)=C(C(=O)NCCOC)C4)CC2)CC1. The molecule has 1 N–H and O–H groups in total. The minimum atomic E-state index is -3.28. The molecule has 0 spiro atoms. The Bertz CT molecular complexity index is 1460. The van der Waals surface area contributed by atoms with Crippen LogP contribution in [0.5, 0.6) is 0 Å². The van der Waals surface area contributed by atoms with Crippen molar-refractivity contribution in [2.75, 3.05) is 20.3 Å². The van der Waals surface area contributed by atoms with Gasteiger partial charge in [-0.2, -0.15) is 8.78 Å². The van der Waals surface area contributed by atoms with E-state index in [1.54, 1.807) is 7.11 Å². The Kier molecular flexibility index (Phi) is 9.74. The highest BCUT2D eigenvalue weighted by molar-refractivity contribution is 6.05. The molecule has 8 heteroatoms. The number of ether oxygens (including phenoxy) is 1. The predicted molar refractivity (Wildman–Crippen MR) is 155 cm³/mol. The zero-order valence-corrected chi connectivity index (χ0v) is 24.0. The number of halogens is 3. The number of fused-ring (bicyclic) bond motifs is 1. The summed E-state index contributed by atoms with van der Waals surface area (Å²) in [5.74, 6) is -4.27. The largest absolute Gasteiger partial charge is 0.383 e. The first-order chi connectivity index (χ1) is 19.5. The molecule has 0 aliphatic heterocycles. The Hall–Kier alpha value is -3.39. The molecule has 3 aliphatic rings. The molecular formula is C33H39F3N2O3.